The molecule has 0 radical (unpaired) electrons. The van der Waals surface area contributed by atoms with Gasteiger partial charge in [-0.25, -0.2) is 13.6 Å². The number of carbonyl (C=O) groups excluding carboxylic acids is 2. The summed E-state index contributed by atoms with van der Waals surface area (Å²) in [6.45, 7) is -0.478. The third-order valence-electron chi connectivity index (χ3n) is 2.54. The predicted molar refractivity (Wildman–Crippen MR) is 75.5 cm³/mol. The van der Waals surface area contributed by atoms with Crippen LogP contribution in [0.2, 0.25) is 0 Å². The molecule has 7 heteroatoms. The Kier molecular flexibility index (Phi) is 5.02. The fraction of sp³-hybridized carbons (Fsp3) is 0.0667. The smallest absolute Gasteiger partial charge is 0.326 e. The van der Waals surface area contributed by atoms with E-state index in [0.717, 1.165) is 6.07 Å². The Morgan fingerprint density at radius 3 is 2.55 bits per heavy atom. The topological polar surface area (TPSA) is 67.4 Å². The molecule has 0 aliphatic rings. The van der Waals surface area contributed by atoms with Gasteiger partial charge in [-0.2, -0.15) is 0 Å². The van der Waals surface area contributed by atoms with Crippen LogP contribution >= 0.6 is 0 Å². The average Bonchev–Trinajstić information content (AvgIpc) is 2.47. The molecule has 22 heavy (non-hydrogen) atoms. The lowest BCUT2D eigenvalue weighted by Crippen LogP contribution is -2.37. The van der Waals surface area contributed by atoms with Gasteiger partial charge in [0, 0.05) is 6.07 Å². The molecule has 0 fully saturated rings. The van der Waals surface area contributed by atoms with Gasteiger partial charge >= 0.3 is 6.03 Å². The van der Waals surface area contributed by atoms with E-state index in [9.17, 15) is 18.4 Å². The SMILES string of the molecule is O=C(COc1cccc(F)c1)NC(=O)Nc1ccccc1F. The molecule has 0 saturated heterocycles. The van der Waals surface area contributed by atoms with Crippen molar-refractivity contribution < 1.29 is 23.1 Å². The first-order valence-corrected chi connectivity index (χ1v) is 6.28. The normalized spacial score (nSPS) is 9.91. The molecule has 0 aliphatic carbocycles. The molecule has 114 valence electrons. The minimum atomic E-state index is -0.891. The first kappa shape index (κ1) is 15.4. The van der Waals surface area contributed by atoms with Gasteiger partial charge in [0.1, 0.15) is 17.4 Å². The summed E-state index contributed by atoms with van der Waals surface area (Å²) in [5.41, 5.74) is -0.0566. The molecule has 2 rings (SSSR count). The van der Waals surface area contributed by atoms with Crippen molar-refractivity contribution in [3.8, 4) is 5.75 Å². The molecule has 2 aromatic carbocycles. The van der Waals surface area contributed by atoms with Crippen molar-refractivity contribution in [1.29, 1.82) is 0 Å². The van der Waals surface area contributed by atoms with Crippen molar-refractivity contribution in [3.63, 3.8) is 0 Å². The van der Waals surface area contributed by atoms with Crippen LogP contribution in [0.4, 0.5) is 19.3 Å². The second-order valence-corrected chi connectivity index (χ2v) is 4.23. The Morgan fingerprint density at radius 1 is 1.05 bits per heavy atom. The van der Waals surface area contributed by atoms with Gasteiger partial charge in [-0.15, -0.1) is 0 Å². The molecule has 2 N–H and O–H groups in total. The summed E-state index contributed by atoms with van der Waals surface area (Å²) >= 11 is 0. The van der Waals surface area contributed by atoms with Gasteiger partial charge in [0.25, 0.3) is 5.91 Å². The zero-order valence-corrected chi connectivity index (χ0v) is 11.3. The van der Waals surface area contributed by atoms with Crippen molar-refractivity contribution in [2.24, 2.45) is 0 Å². The molecule has 0 saturated carbocycles. The lowest BCUT2D eigenvalue weighted by molar-refractivity contribution is -0.121. The Morgan fingerprint density at radius 2 is 1.82 bits per heavy atom. The molecule has 0 unspecified atom stereocenters. The van der Waals surface area contributed by atoms with E-state index < -0.39 is 30.2 Å². The summed E-state index contributed by atoms with van der Waals surface area (Å²) in [7, 11) is 0. The number of anilines is 1. The molecular formula is C15H12F2N2O3. The van der Waals surface area contributed by atoms with Crippen LogP contribution < -0.4 is 15.4 Å². The fourth-order valence-electron chi connectivity index (χ4n) is 1.58. The van der Waals surface area contributed by atoms with Crippen LogP contribution in [-0.4, -0.2) is 18.5 Å². The second kappa shape index (κ2) is 7.16. The fourth-order valence-corrected chi connectivity index (χ4v) is 1.58. The van der Waals surface area contributed by atoms with Crippen LogP contribution in [0.5, 0.6) is 5.75 Å². The highest BCUT2D eigenvalue weighted by molar-refractivity contribution is 6.01. The van der Waals surface area contributed by atoms with Crippen molar-refractivity contribution in [2.45, 2.75) is 0 Å². The molecule has 5 nitrogen and oxygen atoms in total. The number of urea groups is 1. The highest BCUT2D eigenvalue weighted by Gasteiger charge is 2.10. The van der Waals surface area contributed by atoms with Crippen molar-refractivity contribution in [2.75, 3.05) is 11.9 Å². The highest BCUT2D eigenvalue weighted by atomic mass is 19.1. The van der Waals surface area contributed by atoms with E-state index in [1.54, 1.807) is 0 Å². The van der Waals surface area contributed by atoms with E-state index in [0.29, 0.717) is 0 Å². The zero-order valence-electron chi connectivity index (χ0n) is 11.3. The van der Waals surface area contributed by atoms with Crippen LogP contribution in [0, 0.1) is 11.6 Å². The van der Waals surface area contributed by atoms with Gasteiger partial charge in [0.05, 0.1) is 5.69 Å². The van der Waals surface area contributed by atoms with E-state index >= 15 is 0 Å². The lowest BCUT2D eigenvalue weighted by Gasteiger charge is -2.08. The van der Waals surface area contributed by atoms with Crippen LogP contribution in [0.25, 0.3) is 0 Å². The maximum atomic E-state index is 13.3. The third kappa shape index (κ3) is 4.55. The lowest BCUT2D eigenvalue weighted by atomic mass is 10.3. The summed E-state index contributed by atoms with van der Waals surface area (Å²) in [5.74, 6) is -1.72. The monoisotopic (exact) mass is 306 g/mol. The Bertz CT molecular complexity index is 692. The Labute approximate surface area is 124 Å². The van der Waals surface area contributed by atoms with Crippen LogP contribution in [0.15, 0.2) is 48.5 Å². The number of nitrogens with one attached hydrogen (secondary N) is 2. The minimum absolute atomic E-state index is 0.0566. The number of rotatable bonds is 4. The number of ether oxygens (including phenoxy) is 1. The molecule has 0 atom stereocenters. The highest BCUT2D eigenvalue weighted by Crippen LogP contribution is 2.12. The molecule has 3 amide bonds. The molecule has 0 bridgehead atoms. The molecule has 0 spiro atoms. The molecule has 2 aromatic rings. The summed E-state index contributed by atoms with van der Waals surface area (Å²) in [4.78, 5) is 23.0. The average molecular weight is 306 g/mol. The number of hydrogen-bond donors (Lipinski definition) is 2. The van der Waals surface area contributed by atoms with Gasteiger partial charge in [-0.1, -0.05) is 18.2 Å². The largest absolute Gasteiger partial charge is 0.484 e. The summed E-state index contributed by atoms with van der Waals surface area (Å²) in [5, 5.41) is 4.15. The zero-order chi connectivity index (χ0) is 15.9. The number of carbonyl (C=O) groups is 2. The van der Waals surface area contributed by atoms with E-state index in [2.05, 4.69) is 5.32 Å². The number of halogens is 2. The summed E-state index contributed by atoms with van der Waals surface area (Å²) < 4.78 is 31.2. The summed E-state index contributed by atoms with van der Waals surface area (Å²) in [6.07, 6.45) is 0. The Hall–Kier alpha value is -2.96. The van der Waals surface area contributed by atoms with Gasteiger partial charge in [0.15, 0.2) is 6.61 Å². The number of hydrogen-bond acceptors (Lipinski definition) is 3. The van der Waals surface area contributed by atoms with E-state index in [4.69, 9.17) is 4.74 Å². The second-order valence-electron chi connectivity index (χ2n) is 4.23. The maximum Gasteiger partial charge on any atom is 0.326 e. The number of para-hydroxylation sites is 1. The van der Waals surface area contributed by atoms with Crippen molar-refractivity contribution >= 4 is 17.6 Å². The molecule has 0 aliphatic heterocycles. The van der Waals surface area contributed by atoms with Crippen molar-refractivity contribution in [3.05, 3.63) is 60.2 Å². The maximum absolute atomic E-state index is 13.3. The van der Waals surface area contributed by atoms with Gasteiger partial charge in [-0.05, 0) is 24.3 Å². The number of imide groups is 1. The Balaban J connectivity index is 1.82. The first-order valence-electron chi connectivity index (χ1n) is 6.28. The summed E-state index contributed by atoms with van der Waals surface area (Å²) in [6, 6.07) is 9.86. The van der Waals surface area contributed by atoms with Crippen LogP contribution in [0.1, 0.15) is 0 Å². The van der Waals surface area contributed by atoms with E-state index in [-0.39, 0.29) is 11.4 Å². The quantitative estimate of drug-likeness (QED) is 0.912. The molecular weight excluding hydrogens is 294 g/mol. The minimum Gasteiger partial charge on any atom is -0.484 e. The van der Waals surface area contributed by atoms with E-state index in [1.165, 1.54) is 42.5 Å². The van der Waals surface area contributed by atoms with Gasteiger partial charge < -0.3 is 10.1 Å². The molecule has 0 aromatic heterocycles. The standard InChI is InChI=1S/C15H12F2N2O3/c16-10-4-3-5-11(8-10)22-9-14(20)19-15(21)18-13-7-2-1-6-12(13)17/h1-8H,9H2,(H2,18,19,20,21). The molecule has 0 heterocycles. The van der Waals surface area contributed by atoms with Crippen LogP contribution in [0.3, 0.4) is 0 Å². The predicted octanol–water partition coefficient (Wildman–Crippen LogP) is 2.69. The number of benzene rings is 2. The number of amides is 3. The third-order valence-corrected chi connectivity index (χ3v) is 2.54. The van der Waals surface area contributed by atoms with Crippen LogP contribution in [-0.2, 0) is 4.79 Å². The van der Waals surface area contributed by atoms with Gasteiger partial charge in [0.2, 0.25) is 0 Å². The van der Waals surface area contributed by atoms with Crippen molar-refractivity contribution in [1.82, 2.24) is 5.32 Å². The van der Waals surface area contributed by atoms with E-state index in [1.807, 2.05) is 5.32 Å². The van der Waals surface area contributed by atoms with Gasteiger partial charge in [-0.3, -0.25) is 10.1 Å². The first-order chi connectivity index (χ1) is 10.5.